The van der Waals surface area contributed by atoms with Gasteiger partial charge in [-0.1, -0.05) is 12.1 Å². The Balaban J connectivity index is 2.48. The van der Waals surface area contributed by atoms with Crippen molar-refractivity contribution in [3.63, 3.8) is 0 Å². The maximum Gasteiger partial charge on any atom is 0.125 e. The van der Waals surface area contributed by atoms with Crippen LogP contribution in [0.5, 0.6) is 0 Å². The molecule has 1 aromatic carbocycles. The van der Waals surface area contributed by atoms with Crippen LogP contribution in [0.1, 0.15) is 5.01 Å². The number of rotatable bonds is 2. The SMILES string of the molecule is NCc1nc(Br)c(-c2cccc(F)c2)s1. The smallest absolute Gasteiger partial charge is 0.125 e. The minimum absolute atomic E-state index is 0.248. The van der Waals surface area contributed by atoms with E-state index in [-0.39, 0.29) is 5.82 Å². The van der Waals surface area contributed by atoms with Crippen LogP contribution in [0.2, 0.25) is 0 Å². The van der Waals surface area contributed by atoms with Crippen LogP contribution < -0.4 is 5.73 Å². The highest BCUT2D eigenvalue weighted by Crippen LogP contribution is 2.33. The van der Waals surface area contributed by atoms with Crippen molar-refractivity contribution in [2.75, 3.05) is 0 Å². The molecule has 0 aliphatic carbocycles. The van der Waals surface area contributed by atoms with Crippen LogP contribution in [0.3, 0.4) is 0 Å². The van der Waals surface area contributed by atoms with E-state index >= 15 is 0 Å². The van der Waals surface area contributed by atoms with Gasteiger partial charge in [-0.15, -0.1) is 11.3 Å². The van der Waals surface area contributed by atoms with E-state index in [0.29, 0.717) is 6.54 Å². The molecule has 2 nitrogen and oxygen atoms in total. The van der Waals surface area contributed by atoms with Crippen LogP contribution >= 0.6 is 27.3 Å². The number of nitrogens with two attached hydrogens (primary N) is 1. The maximum atomic E-state index is 13.0. The number of halogens is 2. The number of nitrogens with zero attached hydrogens (tertiary/aromatic N) is 1. The Morgan fingerprint density at radius 2 is 2.27 bits per heavy atom. The van der Waals surface area contributed by atoms with E-state index < -0.39 is 0 Å². The fourth-order valence-electron chi connectivity index (χ4n) is 1.24. The van der Waals surface area contributed by atoms with Gasteiger partial charge in [0.1, 0.15) is 15.4 Å². The molecule has 0 amide bonds. The summed E-state index contributed by atoms with van der Waals surface area (Å²) in [6.45, 7) is 0.401. The summed E-state index contributed by atoms with van der Waals surface area (Å²) in [5, 5.41) is 0.834. The second kappa shape index (κ2) is 4.38. The molecule has 1 heterocycles. The number of thiazole rings is 1. The van der Waals surface area contributed by atoms with E-state index in [1.165, 1.54) is 23.5 Å². The van der Waals surface area contributed by atoms with E-state index in [0.717, 1.165) is 20.1 Å². The Hall–Kier alpha value is -0.780. The van der Waals surface area contributed by atoms with E-state index in [9.17, 15) is 4.39 Å². The zero-order valence-corrected chi connectivity index (χ0v) is 10.1. The highest BCUT2D eigenvalue weighted by molar-refractivity contribution is 9.10. The van der Waals surface area contributed by atoms with Crippen molar-refractivity contribution in [2.45, 2.75) is 6.54 Å². The fourth-order valence-corrected chi connectivity index (χ4v) is 2.87. The number of benzene rings is 1. The largest absolute Gasteiger partial charge is 0.325 e. The molecule has 0 radical (unpaired) electrons. The predicted molar refractivity (Wildman–Crippen MR) is 63.1 cm³/mol. The van der Waals surface area contributed by atoms with Gasteiger partial charge in [0.15, 0.2) is 0 Å². The summed E-state index contributed by atoms with van der Waals surface area (Å²) >= 11 is 4.81. The Labute approximate surface area is 99.1 Å². The van der Waals surface area contributed by atoms with Crippen LogP contribution in [-0.2, 0) is 6.54 Å². The summed E-state index contributed by atoms with van der Waals surface area (Å²) in [4.78, 5) is 5.13. The molecule has 2 N–H and O–H groups in total. The predicted octanol–water partition coefficient (Wildman–Crippen LogP) is 3.17. The molecule has 0 atom stereocenters. The highest BCUT2D eigenvalue weighted by Gasteiger charge is 2.10. The molecule has 0 spiro atoms. The van der Waals surface area contributed by atoms with Gasteiger partial charge in [-0.25, -0.2) is 9.37 Å². The molecule has 0 fully saturated rings. The van der Waals surface area contributed by atoms with Gasteiger partial charge in [0.25, 0.3) is 0 Å². The van der Waals surface area contributed by atoms with Crippen LogP contribution in [0.25, 0.3) is 10.4 Å². The minimum atomic E-state index is -0.248. The van der Waals surface area contributed by atoms with Crippen molar-refractivity contribution in [2.24, 2.45) is 5.73 Å². The molecule has 1 aromatic heterocycles. The lowest BCUT2D eigenvalue weighted by molar-refractivity contribution is 0.628. The minimum Gasteiger partial charge on any atom is -0.325 e. The fraction of sp³-hybridized carbons (Fsp3) is 0.100. The standard InChI is InChI=1S/C10H8BrFN2S/c11-10-9(15-8(5-13)14-10)6-2-1-3-7(12)4-6/h1-4H,5,13H2. The lowest BCUT2D eigenvalue weighted by atomic mass is 10.2. The Bertz CT molecular complexity index is 484. The first-order chi connectivity index (χ1) is 7.20. The average molecular weight is 287 g/mol. The summed E-state index contributed by atoms with van der Waals surface area (Å²) in [6, 6.07) is 6.43. The molecule has 0 unspecified atom stereocenters. The zero-order chi connectivity index (χ0) is 10.8. The van der Waals surface area contributed by atoms with Crippen LogP contribution in [0.15, 0.2) is 28.9 Å². The van der Waals surface area contributed by atoms with E-state index in [1.807, 2.05) is 6.07 Å². The molecule has 0 saturated carbocycles. The summed E-state index contributed by atoms with van der Waals surface area (Å²) < 4.78 is 13.7. The summed E-state index contributed by atoms with van der Waals surface area (Å²) in [7, 11) is 0. The normalized spacial score (nSPS) is 10.6. The topological polar surface area (TPSA) is 38.9 Å². The van der Waals surface area contributed by atoms with Gasteiger partial charge < -0.3 is 5.73 Å². The Morgan fingerprint density at radius 3 is 2.87 bits per heavy atom. The van der Waals surface area contributed by atoms with Gasteiger partial charge in [-0.3, -0.25) is 0 Å². The molecule has 0 bridgehead atoms. The maximum absolute atomic E-state index is 13.0. The first kappa shape index (κ1) is 10.7. The van der Waals surface area contributed by atoms with Crippen molar-refractivity contribution >= 4 is 27.3 Å². The second-order valence-corrected chi connectivity index (χ2v) is 4.78. The van der Waals surface area contributed by atoms with Crippen molar-refractivity contribution in [3.05, 3.63) is 39.7 Å². The third-order valence-corrected chi connectivity index (χ3v) is 3.85. The molecule has 15 heavy (non-hydrogen) atoms. The molecular formula is C10H8BrFN2S. The molecule has 2 aromatic rings. The lowest BCUT2D eigenvalue weighted by Gasteiger charge is -1.97. The second-order valence-electron chi connectivity index (χ2n) is 2.94. The summed E-state index contributed by atoms with van der Waals surface area (Å²) in [5.41, 5.74) is 6.31. The van der Waals surface area contributed by atoms with Gasteiger partial charge in [0.05, 0.1) is 4.88 Å². The lowest BCUT2D eigenvalue weighted by Crippen LogP contribution is -1.93. The molecule has 78 valence electrons. The van der Waals surface area contributed by atoms with E-state index in [1.54, 1.807) is 6.07 Å². The van der Waals surface area contributed by atoms with Crippen LogP contribution in [0, 0.1) is 5.82 Å². The van der Waals surface area contributed by atoms with E-state index in [2.05, 4.69) is 20.9 Å². The molecule has 5 heteroatoms. The number of hydrogen-bond acceptors (Lipinski definition) is 3. The van der Waals surface area contributed by atoms with Crippen LogP contribution in [-0.4, -0.2) is 4.98 Å². The summed E-state index contributed by atoms with van der Waals surface area (Å²) in [6.07, 6.45) is 0. The van der Waals surface area contributed by atoms with Crippen molar-refractivity contribution in [1.29, 1.82) is 0 Å². The Morgan fingerprint density at radius 1 is 1.47 bits per heavy atom. The first-order valence-electron chi connectivity index (χ1n) is 4.32. The van der Waals surface area contributed by atoms with Crippen molar-refractivity contribution < 1.29 is 4.39 Å². The van der Waals surface area contributed by atoms with Gasteiger partial charge in [0, 0.05) is 6.54 Å². The number of aromatic nitrogens is 1. The Kier molecular flexibility index (Phi) is 3.14. The van der Waals surface area contributed by atoms with Gasteiger partial charge >= 0.3 is 0 Å². The third kappa shape index (κ3) is 2.25. The quantitative estimate of drug-likeness (QED) is 0.921. The molecular weight excluding hydrogens is 279 g/mol. The van der Waals surface area contributed by atoms with Crippen molar-refractivity contribution in [1.82, 2.24) is 4.98 Å². The van der Waals surface area contributed by atoms with Gasteiger partial charge in [-0.2, -0.15) is 0 Å². The van der Waals surface area contributed by atoms with Gasteiger partial charge in [-0.05, 0) is 33.6 Å². The molecule has 0 saturated heterocycles. The average Bonchev–Trinajstić information content (AvgIpc) is 2.60. The molecule has 2 rings (SSSR count). The third-order valence-electron chi connectivity index (χ3n) is 1.89. The first-order valence-corrected chi connectivity index (χ1v) is 5.93. The molecule has 0 aliphatic heterocycles. The monoisotopic (exact) mass is 286 g/mol. The van der Waals surface area contributed by atoms with Gasteiger partial charge in [0.2, 0.25) is 0 Å². The van der Waals surface area contributed by atoms with Crippen molar-refractivity contribution in [3.8, 4) is 10.4 Å². The van der Waals surface area contributed by atoms with E-state index in [4.69, 9.17) is 5.73 Å². The van der Waals surface area contributed by atoms with Crippen LogP contribution in [0.4, 0.5) is 4.39 Å². The summed E-state index contributed by atoms with van der Waals surface area (Å²) in [5.74, 6) is -0.248. The zero-order valence-electron chi connectivity index (χ0n) is 7.71. The highest BCUT2D eigenvalue weighted by atomic mass is 79.9. The molecule has 0 aliphatic rings. The number of hydrogen-bond donors (Lipinski definition) is 1.